The molecule has 2 aromatic rings. The number of ether oxygens (including phenoxy) is 1. The van der Waals surface area contributed by atoms with Crippen molar-refractivity contribution in [1.29, 1.82) is 5.41 Å². The molecule has 27 heavy (non-hydrogen) atoms. The van der Waals surface area contributed by atoms with Crippen molar-refractivity contribution in [3.63, 3.8) is 0 Å². The molecule has 1 fully saturated rings. The van der Waals surface area contributed by atoms with Crippen LogP contribution >= 0.6 is 0 Å². The zero-order valence-corrected chi connectivity index (χ0v) is 14.9. The zero-order valence-electron chi connectivity index (χ0n) is 14.9. The Morgan fingerprint density at radius 2 is 1.96 bits per heavy atom. The Hall–Kier alpha value is -3.20. The number of nitrogens with one attached hydrogen (secondary N) is 4. The van der Waals surface area contributed by atoms with E-state index in [0.29, 0.717) is 18.5 Å². The van der Waals surface area contributed by atoms with Crippen LogP contribution in [0.1, 0.15) is 18.4 Å². The highest BCUT2D eigenvalue weighted by Gasteiger charge is 2.14. The number of nitrogens with two attached hydrogens (primary N) is 1. The van der Waals surface area contributed by atoms with E-state index in [-0.39, 0.29) is 0 Å². The molecule has 0 spiro atoms. The van der Waals surface area contributed by atoms with Gasteiger partial charge in [-0.2, -0.15) is 0 Å². The summed E-state index contributed by atoms with van der Waals surface area (Å²) in [4.78, 5) is 20.3. The molecule has 0 saturated carbocycles. The lowest BCUT2D eigenvalue weighted by atomic mass is 10.1. The molecule has 2 heterocycles. The van der Waals surface area contributed by atoms with Gasteiger partial charge in [0.1, 0.15) is 0 Å². The number of hydrogen-bond acceptors (Lipinski definition) is 6. The average Bonchev–Trinajstić information content (AvgIpc) is 2.67. The Labute approximate surface area is 157 Å². The number of aromatic nitrogens is 2. The number of hydrogen-bond donors (Lipinski definition) is 5. The number of anilines is 1. The average molecular weight is 369 g/mol. The highest BCUT2D eigenvalue weighted by atomic mass is 16.5. The van der Waals surface area contributed by atoms with Crippen molar-refractivity contribution >= 4 is 17.9 Å². The van der Waals surface area contributed by atoms with Gasteiger partial charge in [-0.05, 0) is 30.0 Å². The molecule has 9 heteroatoms. The lowest BCUT2D eigenvalue weighted by Crippen LogP contribution is -2.42. The highest BCUT2D eigenvalue weighted by molar-refractivity contribution is 5.93. The first-order valence-electron chi connectivity index (χ1n) is 8.74. The molecule has 0 bridgehead atoms. The van der Waals surface area contributed by atoms with Gasteiger partial charge in [-0.15, -0.1) is 0 Å². The topological polar surface area (TPSA) is 138 Å². The molecule has 1 aromatic carbocycles. The molecule has 0 radical (unpaired) electrons. The summed E-state index contributed by atoms with van der Waals surface area (Å²) in [5.74, 6) is 0.220. The third-order valence-electron chi connectivity index (χ3n) is 4.17. The van der Waals surface area contributed by atoms with Gasteiger partial charge in [-0.25, -0.2) is 14.8 Å². The Morgan fingerprint density at radius 3 is 2.67 bits per heavy atom. The van der Waals surface area contributed by atoms with Crippen molar-refractivity contribution in [2.24, 2.45) is 5.73 Å². The normalized spacial score (nSPS) is 14.4. The third kappa shape index (κ3) is 5.65. The summed E-state index contributed by atoms with van der Waals surface area (Å²) in [7, 11) is 0. The molecular weight excluding hydrogens is 346 g/mol. The lowest BCUT2D eigenvalue weighted by molar-refractivity contribution is 0.0903. The predicted octanol–water partition coefficient (Wildman–Crippen LogP) is 1.43. The first kappa shape index (κ1) is 18.6. The van der Waals surface area contributed by atoms with Gasteiger partial charge in [0.05, 0.1) is 0 Å². The van der Waals surface area contributed by atoms with E-state index in [4.69, 9.17) is 15.9 Å². The Balaban J connectivity index is 1.60. The number of nitrogens with zero attached hydrogens (tertiary/aromatic N) is 2. The molecule has 1 saturated heterocycles. The van der Waals surface area contributed by atoms with Crippen LogP contribution in [-0.2, 0) is 11.3 Å². The summed E-state index contributed by atoms with van der Waals surface area (Å²) < 4.78 is 5.35. The largest absolute Gasteiger partial charge is 0.381 e. The van der Waals surface area contributed by atoms with E-state index in [1.807, 2.05) is 24.3 Å². The lowest BCUT2D eigenvalue weighted by Gasteiger charge is -2.22. The van der Waals surface area contributed by atoms with Crippen LogP contribution in [0.15, 0.2) is 36.7 Å². The van der Waals surface area contributed by atoms with Gasteiger partial charge in [0.15, 0.2) is 5.96 Å². The Kier molecular flexibility index (Phi) is 6.16. The van der Waals surface area contributed by atoms with Gasteiger partial charge < -0.3 is 21.1 Å². The van der Waals surface area contributed by atoms with Gasteiger partial charge in [0.2, 0.25) is 5.95 Å². The fraction of sp³-hybridized carbons (Fsp3) is 0.333. The van der Waals surface area contributed by atoms with E-state index in [9.17, 15) is 4.79 Å². The molecule has 1 aliphatic rings. The van der Waals surface area contributed by atoms with Crippen molar-refractivity contribution in [1.82, 2.24) is 20.6 Å². The molecular formula is C18H23N7O2. The van der Waals surface area contributed by atoms with Crippen LogP contribution in [0.5, 0.6) is 0 Å². The monoisotopic (exact) mass is 369 g/mol. The predicted molar refractivity (Wildman–Crippen MR) is 102 cm³/mol. The second-order valence-corrected chi connectivity index (χ2v) is 6.25. The highest BCUT2D eigenvalue weighted by Crippen LogP contribution is 2.20. The maximum Gasteiger partial charge on any atom is 0.321 e. The summed E-state index contributed by atoms with van der Waals surface area (Å²) in [6.07, 6.45) is 5.47. The molecule has 3 rings (SSSR count). The summed E-state index contributed by atoms with van der Waals surface area (Å²) >= 11 is 0. The molecule has 0 unspecified atom stereocenters. The Morgan fingerprint density at radius 1 is 1.22 bits per heavy atom. The smallest absolute Gasteiger partial charge is 0.321 e. The van der Waals surface area contributed by atoms with Gasteiger partial charge in [0.25, 0.3) is 0 Å². The molecule has 142 valence electrons. The quantitative estimate of drug-likeness (QED) is 0.399. The summed E-state index contributed by atoms with van der Waals surface area (Å²) in [6.45, 7) is 1.85. The van der Waals surface area contributed by atoms with Crippen molar-refractivity contribution in [2.45, 2.75) is 25.4 Å². The zero-order chi connectivity index (χ0) is 19.1. The minimum absolute atomic E-state index is 0.317. The number of benzene rings is 1. The van der Waals surface area contributed by atoms with Crippen LogP contribution in [0.3, 0.4) is 0 Å². The van der Waals surface area contributed by atoms with Crippen LogP contribution in [0.4, 0.5) is 10.7 Å². The molecule has 9 nitrogen and oxygen atoms in total. The van der Waals surface area contributed by atoms with E-state index in [1.54, 1.807) is 12.4 Å². The van der Waals surface area contributed by atoms with E-state index in [2.05, 4.69) is 25.9 Å². The fourth-order valence-corrected chi connectivity index (χ4v) is 2.79. The summed E-state index contributed by atoms with van der Waals surface area (Å²) in [5.41, 5.74) is 7.88. The van der Waals surface area contributed by atoms with E-state index in [1.165, 1.54) is 0 Å². The van der Waals surface area contributed by atoms with Crippen molar-refractivity contribution in [2.75, 3.05) is 18.5 Å². The van der Waals surface area contributed by atoms with E-state index < -0.39 is 12.0 Å². The first-order chi connectivity index (χ1) is 13.1. The van der Waals surface area contributed by atoms with Crippen LogP contribution in [-0.4, -0.2) is 41.2 Å². The number of rotatable bonds is 5. The standard InChI is InChI=1S/C18H23N7O2/c19-16(20)25-18(26)23-9-12-2-1-3-13(8-12)14-10-21-17(22-11-14)24-15-4-6-27-7-5-15/h1-3,8,10-11,15H,4-7,9H2,(H,21,22,24)(H5,19,20,23,25,26). The fourth-order valence-electron chi connectivity index (χ4n) is 2.79. The van der Waals surface area contributed by atoms with E-state index >= 15 is 0 Å². The van der Waals surface area contributed by atoms with Crippen LogP contribution in [0.2, 0.25) is 0 Å². The SMILES string of the molecule is N=C(N)NC(=O)NCc1cccc(-c2cnc(NC3CCOCC3)nc2)c1. The van der Waals surface area contributed by atoms with Crippen molar-refractivity contribution in [3.8, 4) is 11.1 Å². The summed E-state index contributed by atoms with van der Waals surface area (Å²) in [5, 5.41) is 15.2. The van der Waals surface area contributed by atoms with Gasteiger partial charge in [-0.3, -0.25) is 10.7 Å². The molecule has 6 N–H and O–H groups in total. The minimum Gasteiger partial charge on any atom is -0.381 e. The number of guanidine groups is 1. The second kappa shape index (κ2) is 8.95. The molecule has 1 aromatic heterocycles. The van der Waals surface area contributed by atoms with Crippen LogP contribution < -0.4 is 21.7 Å². The number of carbonyl (C=O) groups is 1. The minimum atomic E-state index is -0.514. The third-order valence-corrected chi connectivity index (χ3v) is 4.17. The molecule has 1 aliphatic heterocycles. The van der Waals surface area contributed by atoms with Crippen molar-refractivity contribution in [3.05, 3.63) is 42.2 Å². The number of carbonyl (C=O) groups excluding carboxylic acids is 1. The Bertz CT molecular complexity index is 789. The van der Waals surface area contributed by atoms with Gasteiger partial charge in [-0.1, -0.05) is 18.2 Å². The number of urea groups is 1. The molecule has 0 aliphatic carbocycles. The number of amides is 2. The van der Waals surface area contributed by atoms with Crippen molar-refractivity contribution < 1.29 is 9.53 Å². The van der Waals surface area contributed by atoms with Gasteiger partial charge >= 0.3 is 6.03 Å². The summed E-state index contributed by atoms with van der Waals surface area (Å²) in [6, 6.07) is 7.56. The molecule has 2 amide bonds. The first-order valence-corrected chi connectivity index (χ1v) is 8.74. The second-order valence-electron chi connectivity index (χ2n) is 6.25. The van der Waals surface area contributed by atoms with E-state index in [0.717, 1.165) is 42.7 Å². The molecule has 0 atom stereocenters. The van der Waals surface area contributed by atoms with Crippen LogP contribution in [0, 0.1) is 5.41 Å². The van der Waals surface area contributed by atoms with Crippen LogP contribution in [0.25, 0.3) is 11.1 Å². The van der Waals surface area contributed by atoms with Gasteiger partial charge in [0, 0.05) is 43.8 Å². The maximum atomic E-state index is 11.5. The maximum absolute atomic E-state index is 11.5.